The highest BCUT2D eigenvalue weighted by Gasteiger charge is 2.05. The van der Waals surface area contributed by atoms with Crippen molar-refractivity contribution < 1.29 is 0 Å². The van der Waals surface area contributed by atoms with Gasteiger partial charge in [0.2, 0.25) is 0 Å². The number of hydrogen-bond donors (Lipinski definition) is 1. The van der Waals surface area contributed by atoms with Gasteiger partial charge in [-0.15, -0.1) is 0 Å². The lowest BCUT2D eigenvalue weighted by molar-refractivity contribution is 1.32. The minimum absolute atomic E-state index is 0.727. The lowest BCUT2D eigenvalue weighted by atomic mass is 10.1. The van der Waals surface area contributed by atoms with E-state index in [-0.39, 0.29) is 0 Å². The zero-order valence-electron chi connectivity index (χ0n) is 8.44. The second-order valence-corrected chi connectivity index (χ2v) is 4.00. The molecule has 1 N–H and O–H groups in total. The van der Waals surface area contributed by atoms with Gasteiger partial charge in [-0.3, -0.25) is 0 Å². The molecule has 0 unspecified atom stereocenters. The van der Waals surface area contributed by atoms with Crippen molar-refractivity contribution in [2.75, 3.05) is 0 Å². The van der Waals surface area contributed by atoms with E-state index in [4.69, 9.17) is 11.6 Å². The quantitative estimate of drug-likeness (QED) is 0.673. The van der Waals surface area contributed by atoms with Gasteiger partial charge in [-0.05, 0) is 12.1 Å². The average Bonchev–Trinajstić information content (AvgIpc) is 2.79. The van der Waals surface area contributed by atoms with Gasteiger partial charge in [0.25, 0.3) is 0 Å². The monoisotopic (exact) mass is 228 g/mol. The predicted octanol–water partition coefficient (Wildman–Crippen LogP) is 3.88. The Hall–Kier alpha value is -1.80. The third-order valence-electron chi connectivity index (χ3n) is 2.55. The molecule has 0 fully saturated rings. The number of aromatic amines is 1. The van der Waals surface area contributed by atoms with Crippen molar-refractivity contribution in [2.45, 2.75) is 0 Å². The molecule has 16 heavy (non-hydrogen) atoms. The van der Waals surface area contributed by atoms with Gasteiger partial charge >= 0.3 is 0 Å². The Kier molecular flexibility index (Phi) is 2.15. The number of pyridine rings is 1. The number of aromatic nitrogens is 2. The first-order valence-electron chi connectivity index (χ1n) is 5.03. The van der Waals surface area contributed by atoms with Gasteiger partial charge in [0.15, 0.2) is 0 Å². The van der Waals surface area contributed by atoms with Crippen LogP contribution in [0.3, 0.4) is 0 Å². The van der Waals surface area contributed by atoms with Crippen LogP contribution in [-0.2, 0) is 0 Å². The van der Waals surface area contributed by atoms with Crippen molar-refractivity contribution in [1.82, 2.24) is 9.97 Å². The van der Waals surface area contributed by atoms with Crippen LogP contribution in [0.2, 0.25) is 5.02 Å². The first-order chi connectivity index (χ1) is 7.84. The Labute approximate surface area is 97.9 Å². The summed E-state index contributed by atoms with van der Waals surface area (Å²) in [7, 11) is 0. The van der Waals surface area contributed by atoms with Crippen LogP contribution in [0.25, 0.3) is 22.3 Å². The molecule has 0 spiro atoms. The van der Waals surface area contributed by atoms with Crippen LogP contribution in [0.4, 0.5) is 0 Å². The van der Waals surface area contributed by atoms with Gasteiger partial charge in [-0.1, -0.05) is 41.9 Å². The Morgan fingerprint density at radius 1 is 1.06 bits per heavy atom. The molecule has 0 amide bonds. The first kappa shape index (κ1) is 9.43. The molecule has 2 heterocycles. The topological polar surface area (TPSA) is 28.7 Å². The molecule has 0 aliphatic rings. The number of rotatable bonds is 1. The normalized spacial score (nSPS) is 10.8. The smallest absolute Gasteiger partial charge is 0.139 e. The number of halogens is 1. The number of fused-ring (bicyclic) bond motifs is 1. The van der Waals surface area contributed by atoms with Crippen LogP contribution in [-0.4, -0.2) is 9.97 Å². The maximum absolute atomic E-state index is 6.19. The van der Waals surface area contributed by atoms with Crippen molar-refractivity contribution in [3.63, 3.8) is 0 Å². The molecule has 0 saturated heterocycles. The highest BCUT2D eigenvalue weighted by molar-refractivity contribution is 6.35. The maximum Gasteiger partial charge on any atom is 0.139 e. The minimum Gasteiger partial charge on any atom is -0.346 e. The van der Waals surface area contributed by atoms with E-state index >= 15 is 0 Å². The van der Waals surface area contributed by atoms with Crippen LogP contribution in [0.5, 0.6) is 0 Å². The molecule has 0 bridgehead atoms. The fourth-order valence-corrected chi connectivity index (χ4v) is 2.01. The number of benzene rings is 1. The van der Waals surface area contributed by atoms with Crippen molar-refractivity contribution >= 4 is 22.6 Å². The molecule has 2 nitrogen and oxygen atoms in total. The van der Waals surface area contributed by atoms with E-state index in [9.17, 15) is 0 Å². The summed E-state index contributed by atoms with van der Waals surface area (Å²) in [6, 6.07) is 13.8. The number of nitrogens with zero attached hydrogens (tertiary/aromatic N) is 1. The Morgan fingerprint density at radius 2 is 1.88 bits per heavy atom. The van der Waals surface area contributed by atoms with E-state index in [1.807, 2.05) is 48.7 Å². The molecule has 3 rings (SSSR count). The summed E-state index contributed by atoms with van der Waals surface area (Å²) in [6.07, 6.45) is 1.85. The van der Waals surface area contributed by atoms with E-state index in [0.717, 1.165) is 27.3 Å². The van der Waals surface area contributed by atoms with Crippen molar-refractivity contribution in [3.8, 4) is 11.3 Å². The number of H-pyrrole nitrogens is 1. The highest BCUT2D eigenvalue weighted by Crippen LogP contribution is 2.27. The molecule has 0 atom stereocenters. The zero-order chi connectivity index (χ0) is 11.0. The van der Waals surface area contributed by atoms with E-state index < -0.39 is 0 Å². The van der Waals surface area contributed by atoms with Gasteiger partial charge in [0.05, 0.1) is 10.7 Å². The summed E-state index contributed by atoms with van der Waals surface area (Å²) in [5.74, 6) is 0. The minimum atomic E-state index is 0.727. The maximum atomic E-state index is 6.19. The molecule has 78 valence electrons. The summed E-state index contributed by atoms with van der Waals surface area (Å²) in [4.78, 5) is 7.60. The van der Waals surface area contributed by atoms with Crippen LogP contribution in [0, 0.1) is 0 Å². The van der Waals surface area contributed by atoms with E-state index in [1.165, 1.54) is 0 Å². The fraction of sp³-hybridized carbons (Fsp3) is 0. The van der Waals surface area contributed by atoms with E-state index in [1.54, 1.807) is 0 Å². The molecule has 0 saturated carbocycles. The van der Waals surface area contributed by atoms with Gasteiger partial charge in [-0.25, -0.2) is 4.98 Å². The second-order valence-electron chi connectivity index (χ2n) is 3.60. The van der Waals surface area contributed by atoms with Gasteiger partial charge in [0.1, 0.15) is 5.65 Å². The third-order valence-corrected chi connectivity index (χ3v) is 2.86. The van der Waals surface area contributed by atoms with Gasteiger partial charge in [0, 0.05) is 17.1 Å². The van der Waals surface area contributed by atoms with Crippen LogP contribution in [0.1, 0.15) is 0 Å². The number of nitrogens with one attached hydrogen (secondary N) is 1. The molecule has 3 heteroatoms. The molecular weight excluding hydrogens is 220 g/mol. The predicted molar refractivity (Wildman–Crippen MR) is 66.5 cm³/mol. The van der Waals surface area contributed by atoms with Crippen LogP contribution in [0.15, 0.2) is 48.7 Å². The summed E-state index contributed by atoms with van der Waals surface area (Å²) >= 11 is 6.19. The van der Waals surface area contributed by atoms with Crippen molar-refractivity contribution in [3.05, 3.63) is 53.7 Å². The summed E-state index contributed by atoms with van der Waals surface area (Å²) in [5, 5.41) is 1.69. The van der Waals surface area contributed by atoms with Crippen LogP contribution >= 0.6 is 11.6 Å². The van der Waals surface area contributed by atoms with E-state index in [0.29, 0.717) is 0 Å². The Balaban J connectivity index is 2.25. The largest absolute Gasteiger partial charge is 0.346 e. The summed E-state index contributed by atoms with van der Waals surface area (Å²) in [6.45, 7) is 0. The van der Waals surface area contributed by atoms with Crippen molar-refractivity contribution in [2.24, 2.45) is 0 Å². The van der Waals surface area contributed by atoms with Gasteiger partial charge in [-0.2, -0.15) is 0 Å². The number of hydrogen-bond acceptors (Lipinski definition) is 1. The Morgan fingerprint density at radius 3 is 2.69 bits per heavy atom. The summed E-state index contributed by atoms with van der Waals surface area (Å²) < 4.78 is 0. The van der Waals surface area contributed by atoms with E-state index in [2.05, 4.69) is 9.97 Å². The zero-order valence-corrected chi connectivity index (χ0v) is 9.20. The molecule has 0 aliphatic carbocycles. The highest BCUT2D eigenvalue weighted by atomic mass is 35.5. The summed E-state index contributed by atoms with van der Waals surface area (Å²) in [5.41, 5.74) is 2.79. The lowest BCUT2D eigenvalue weighted by Crippen LogP contribution is -1.85. The molecule has 0 aliphatic heterocycles. The average molecular weight is 229 g/mol. The second kappa shape index (κ2) is 3.65. The van der Waals surface area contributed by atoms with Crippen molar-refractivity contribution in [1.29, 1.82) is 0 Å². The standard InChI is InChI=1S/C13H9ClN2/c14-11-8-12(9-4-2-1-3-5-9)16-13-10(11)6-7-15-13/h1-8H,(H,15,16). The molecule has 3 aromatic rings. The lowest BCUT2D eigenvalue weighted by Gasteiger charge is -2.02. The molecule has 2 aromatic heterocycles. The molecular formula is C13H9ClN2. The van der Waals surface area contributed by atoms with Crippen LogP contribution < -0.4 is 0 Å². The molecule has 0 radical (unpaired) electrons. The molecule has 1 aromatic carbocycles. The fourth-order valence-electron chi connectivity index (χ4n) is 1.75. The Bertz CT molecular complexity index is 629. The van der Waals surface area contributed by atoms with Gasteiger partial charge < -0.3 is 4.98 Å². The SMILES string of the molecule is Clc1cc(-c2ccccc2)nc2[nH]ccc12. The third kappa shape index (κ3) is 1.48. The first-order valence-corrected chi connectivity index (χ1v) is 5.41.